The lowest BCUT2D eigenvalue weighted by Gasteiger charge is -2.34. The Balaban J connectivity index is 1.36. The summed E-state index contributed by atoms with van der Waals surface area (Å²) in [6, 6.07) is 5.94. The predicted octanol–water partition coefficient (Wildman–Crippen LogP) is 0.577. The van der Waals surface area contributed by atoms with Gasteiger partial charge in [-0.25, -0.2) is 4.39 Å². The summed E-state index contributed by atoms with van der Waals surface area (Å²) in [4.78, 5) is 39.4. The molecule has 1 saturated carbocycles. The molecule has 1 heterocycles. The van der Waals surface area contributed by atoms with Crippen LogP contribution in [0.3, 0.4) is 0 Å². The molecule has 1 aromatic carbocycles. The van der Waals surface area contributed by atoms with Crippen molar-refractivity contribution in [3.05, 3.63) is 30.1 Å². The number of carbonyl (C=O) groups excluding carboxylic acids is 3. The summed E-state index contributed by atoms with van der Waals surface area (Å²) < 4.78 is 13.1. The van der Waals surface area contributed by atoms with Crippen molar-refractivity contribution in [3.8, 4) is 0 Å². The molecule has 0 atom stereocenters. The van der Waals surface area contributed by atoms with Gasteiger partial charge in [-0.3, -0.25) is 19.3 Å². The Morgan fingerprint density at radius 3 is 2.50 bits per heavy atom. The van der Waals surface area contributed by atoms with Gasteiger partial charge in [-0.1, -0.05) is 6.07 Å². The summed E-state index contributed by atoms with van der Waals surface area (Å²) in [6.07, 6.45) is 2.18. The zero-order valence-electron chi connectivity index (χ0n) is 14.5. The fraction of sp³-hybridized carbons (Fsp3) is 0.500. The maximum atomic E-state index is 13.1. The first-order valence-electron chi connectivity index (χ1n) is 8.89. The van der Waals surface area contributed by atoms with E-state index >= 15 is 0 Å². The van der Waals surface area contributed by atoms with Gasteiger partial charge in [-0.2, -0.15) is 0 Å². The minimum atomic E-state index is -0.518. The van der Waals surface area contributed by atoms with E-state index in [9.17, 15) is 18.8 Å². The van der Waals surface area contributed by atoms with Gasteiger partial charge in [0.1, 0.15) is 5.82 Å². The first-order valence-corrected chi connectivity index (χ1v) is 8.89. The molecular formula is C18H23FN4O3. The number of hydrogen-bond donors (Lipinski definition) is 2. The van der Waals surface area contributed by atoms with Gasteiger partial charge in [-0.05, 0) is 31.0 Å². The standard InChI is InChI=1S/C18H23FN4O3/c19-13-2-1-3-15(12-13)20-16(24)6-7-22-8-10-23(11-9-22)18(26)17(25)21-14-4-5-14/h1-3,12,14H,4-11H2,(H,20,24)(H,21,25). The van der Waals surface area contributed by atoms with Crippen molar-refractivity contribution in [3.63, 3.8) is 0 Å². The normalized spacial score (nSPS) is 17.7. The predicted molar refractivity (Wildman–Crippen MR) is 93.8 cm³/mol. The average molecular weight is 362 g/mol. The Hall–Kier alpha value is -2.48. The van der Waals surface area contributed by atoms with Crippen LogP contribution in [0.25, 0.3) is 0 Å². The monoisotopic (exact) mass is 362 g/mol. The molecule has 1 saturated heterocycles. The fourth-order valence-corrected chi connectivity index (χ4v) is 2.84. The summed E-state index contributed by atoms with van der Waals surface area (Å²) in [5, 5.41) is 5.37. The molecule has 140 valence electrons. The smallest absolute Gasteiger partial charge is 0.311 e. The van der Waals surface area contributed by atoms with Crippen LogP contribution in [-0.2, 0) is 14.4 Å². The molecule has 1 aliphatic heterocycles. The van der Waals surface area contributed by atoms with E-state index in [-0.39, 0.29) is 18.4 Å². The molecule has 0 radical (unpaired) electrons. The number of rotatable bonds is 5. The summed E-state index contributed by atoms with van der Waals surface area (Å²) in [5.41, 5.74) is 0.437. The van der Waals surface area contributed by atoms with Crippen LogP contribution >= 0.6 is 0 Å². The van der Waals surface area contributed by atoms with Crippen molar-refractivity contribution in [1.82, 2.24) is 15.1 Å². The minimum absolute atomic E-state index is 0.171. The van der Waals surface area contributed by atoms with Gasteiger partial charge in [-0.15, -0.1) is 0 Å². The third kappa shape index (κ3) is 5.26. The SMILES string of the molecule is O=C(CCN1CCN(C(=O)C(=O)NC2CC2)CC1)Nc1cccc(F)c1. The number of hydrogen-bond acceptors (Lipinski definition) is 4. The first-order chi connectivity index (χ1) is 12.5. The second kappa shape index (κ2) is 8.27. The molecule has 0 aromatic heterocycles. The maximum absolute atomic E-state index is 13.1. The maximum Gasteiger partial charge on any atom is 0.311 e. The third-order valence-corrected chi connectivity index (χ3v) is 4.53. The van der Waals surface area contributed by atoms with Crippen LogP contribution in [0.4, 0.5) is 10.1 Å². The molecule has 2 aliphatic rings. The first kappa shape index (κ1) is 18.3. The van der Waals surface area contributed by atoms with Crippen LogP contribution in [0, 0.1) is 5.82 Å². The van der Waals surface area contributed by atoms with Crippen molar-refractivity contribution in [2.24, 2.45) is 0 Å². The van der Waals surface area contributed by atoms with Crippen molar-refractivity contribution >= 4 is 23.4 Å². The van der Waals surface area contributed by atoms with E-state index in [4.69, 9.17) is 0 Å². The lowest BCUT2D eigenvalue weighted by atomic mass is 10.2. The van der Waals surface area contributed by atoms with E-state index in [1.165, 1.54) is 12.1 Å². The van der Waals surface area contributed by atoms with Gasteiger partial charge < -0.3 is 15.5 Å². The Morgan fingerprint density at radius 2 is 1.85 bits per heavy atom. The van der Waals surface area contributed by atoms with Crippen LogP contribution < -0.4 is 10.6 Å². The van der Waals surface area contributed by atoms with Crippen molar-refractivity contribution in [2.75, 3.05) is 38.0 Å². The number of halogens is 1. The highest BCUT2D eigenvalue weighted by molar-refractivity contribution is 6.35. The number of piperazine rings is 1. The van der Waals surface area contributed by atoms with Gasteiger partial charge in [0, 0.05) is 50.9 Å². The van der Waals surface area contributed by atoms with Crippen molar-refractivity contribution < 1.29 is 18.8 Å². The highest BCUT2D eigenvalue weighted by Crippen LogP contribution is 2.18. The highest BCUT2D eigenvalue weighted by atomic mass is 19.1. The summed E-state index contributed by atoms with van der Waals surface area (Å²) >= 11 is 0. The molecular weight excluding hydrogens is 339 g/mol. The zero-order chi connectivity index (χ0) is 18.5. The topological polar surface area (TPSA) is 81.8 Å². The highest BCUT2D eigenvalue weighted by Gasteiger charge is 2.30. The Labute approximate surface area is 151 Å². The van der Waals surface area contributed by atoms with Gasteiger partial charge in [0.15, 0.2) is 0 Å². The Kier molecular flexibility index (Phi) is 5.82. The summed E-state index contributed by atoms with van der Waals surface area (Å²) in [6.45, 7) is 2.74. The Morgan fingerprint density at radius 1 is 1.12 bits per heavy atom. The van der Waals surface area contributed by atoms with Crippen LogP contribution in [0.5, 0.6) is 0 Å². The molecule has 1 aromatic rings. The Bertz CT molecular complexity index is 685. The van der Waals surface area contributed by atoms with Gasteiger partial charge in [0.25, 0.3) is 0 Å². The van der Waals surface area contributed by atoms with E-state index in [2.05, 4.69) is 15.5 Å². The van der Waals surface area contributed by atoms with Crippen molar-refractivity contribution in [1.29, 1.82) is 0 Å². The van der Waals surface area contributed by atoms with Crippen LogP contribution in [0.15, 0.2) is 24.3 Å². The molecule has 0 bridgehead atoms. The number of nitrogens with one attached hydrogen (secondary N) is 2. The largest absolute Gasteiger partial charge is 0.345 e. The van der Waals surface area contributed by atoms with E-state index in [0.29, 0.717) is 38.4 Å². The van der Waals surface area contributed by atoms with Gasteiger partial charge in [0.2, 0.25) is 5.91 Å². The molecule has 26 heavy (non-hydrogen) atoms. The molecule has 8 heteroatoms. The van der Waals surface area contributed by atoms with Crippen LogP contribution in [0.2, 0.25) is 0 Å². The van der Waals surface area contributed by atoms with Gasteiger partial charge >= 0.3 is 11.8 Å². The van der Waals surface area contributed by atoms with E-state index < -0.39 is 17.6 Å². The molecule has 3 rings (SSSR count). The lowest BCUT2D eigenvalue weighted by Crippen LogP contribution is -2.53. The number of carbonyl (C=O) groups is 3. The van der Waals surface area contributed by atoms with E-state index in [1.807, 2.05) is 0 Å². The number of amides is 3. The zero-order valence-corrected chi connectivity index (χ0v) is 14.5. The van der Waals surface area contributed by atoms with Gasteiger partial charge in [0.05, 0.1) is 0 Å². The number of anilines is 1. The quantitative estimate of drug-likeness (QED) is 0.751. The van der Waals surface area contributed by atoms with Crippen molar-refractivity contribution in [2.45, 2.75) is 25.3 Å². The molecule has 0 spiro atoms. The van der Waals surface area contributed by atoms with E-state index in [0.717, 1.165) is 12.8 Å². The molecule has 2 fully saturated rings. The molecule has 2 N–H and O–H groups in total. The van der Waals surface area contributed by atoms with E-state index in [1.54, 1.807) is 17.0 Å². The lowest BCUT2D eigenvalue weighted by molar-refractivity contribution is -0.147. The minimum Gasteiger partial charge on any atom is -0.345 e. The fourth-order valence-electron chi connectivity index (χ4n) is 2.84. The average Bonchev–Trinajstić information content (AvgIpc) is 3.44. The number of benzene rings is 1. The molecule has 3 amide bonds. The number of nitrogens with zero attached hydrogens (tertiary/aromatic N) is 2. The molecule has 7 nitrogen and oxygen atoms in total. The molecule has 1 aliphatic carbocycles. The molecule has 0 unspecified atom stereocenters. The summed E-state index contributed by atoms with van der Waals surface area (Å²) in [7, 11) is 0. The second-order valence-electron chi connectivity index (χ2n) is 6.69. The summed E-state index contributed by atoms with van der Waals surface area (Å²) in [5.74, 6) is -1.57. The van der Waals surface area contributed by atoms with Crippen LogP contribution in [0.1, 0.15) is 19.3 Å². The second-order valence-corrected chi connectivity index (χ2v) is 6.69. The van der Waals surface area contributed by atoms with Crippen LogP contribution in [-0.4, -0.2) is 66.3 Å². The third-order valence-electron chi connectivity index (χ3n) is 4.53.